The van der Waals surface area contributed by atoms with Crippen molar-refractivity contribution in [1.82, 2.24) is 4.98 Å². The van der Waals surface area contributed by atoms with E-state index >= 15 is 0 Å². The fraction of sp³-hybridized carbons (Fsp3) is 0.250. The molecule has 0 amide bonds. The van der Waals surface area contributed by atoms with Gasteiger partial charge in [0.05, 0.1) is 10.6 Å². The Morgan fingerprint density at radius 3 is 2.47 bits per heavy atom. The highest BCUT2D eigenvalue weighted by Gasteiger charge is 2.11. The molecule has 0 unspecified atom stereocenters. The second kappa shape index (κ2) is 4.37. The number of rotatable bonds is 3. The molecular weight excluding hydrogens is 220 g/mol. The molecule has 0 atom stereocenters. The van der Waals surface area contributed by atoms with Crippen LogP contribution in [0.3, 0.4) is 0 Å². The normalized spacial score (nSPS) is 10.5. The second-order valence-corrected chi connectivity index (χ2v) is 3.68. The highest BCUT2D eigenvalue weighted by molar-refractivity contribution is 5.56. The van der Waals surface area contributed by atoms with E-state index < -0.39 is 4.92 Å². The first kappa shape index (κ1) is 11.3. The highest BCUT2D eigenvalue weighted by atomic mass is 16.6. The predicted molar refractivity (Wildman–Crippen MR) is 62.7 cm³/mol. The Hall–Kier alpha value is -2.17. The molecule has 0 aliphatic rings. The van der Waals surface area contributed by atoms with E-state index in [9.17, 15) is 10.1 Å². The maximum atomic E-state index is 10.5. The number of hydrogen-bond acceptors (Lipinski definition) is 4. The topological polar surface area (TPSA) is 69.2 Å². The smallest absolute Gasteiger partial charge is 0.269 e. The fourth-order valence-electron chi connectivity index (χ4n) is 1.61. The van der Waals surface area contributed by atoms with Gasteiger partial charge in [-0.1, -0.05) is 6.92 Å². The van der Waals surface area contributed by atoms with Gasteiger partial charge in [0, 0.05) is 17.7 Å². The average Bonchev–Trinajstić information content (AvgIpc) is 2.70. The molecule has 1 aromatic carbocycles. The van der Waals surface area contributed by atoms with Crippen molar-refractivity contribution in [2.45, 2.75) is 20.3 Å². The number of hydrogen-bond donors (Lipinski definition) is 0. The van der Waals surface area contributed by atoms with Gasteiger partial charge in [-0.05, 0) is 25.5 Å². The van der Waals surface area contributed by atoms with E-state index in [1.54, 1.807) is 12.1 Å². The van der Waals surface area contributed by atoms with Crippen LogP contribution in [-0.4, -0.2) is 9.91 Å². The lowest BCUT2D eigenvalue weighted by molar-refractivity contribution is -0.384. The Kier molecular flexibility index (Phi) is 2.91. The van der Waals surface area contributed by atoms with Gasteiger partial charge >= 0.3 is 0 Å². The molecule has 1 aromatic heterocycles. The summed E-state index contributed by atoms with van der Waals surface area (Å²) in [5.74, 6) is 1.30. The van der Waals surface area contributed by atoms with Gasteiger partial charge in [0.15, 0.2) is 0 Å². The third kappa shape index (κ3) is 2.18. The third-order valence-electron chi connectivity index (χ3n) is 2.55. The van der Waals surface area contributed by atoms with Crippen LogP contribution < -0.4 is 0 Å². The fourth-order valence-corrected chi connectivity index (χ4v) is 1.61. The Labute approximate surface area is 98.3 Å². The Morgan fingerprint density at radius 1 is 1.35 bits per heavy atom. The number of nitro groups is 1. The third-order valence-corrected chi connectivity index (χ3v) is 2.55. The summed E-state index contributed by atoms with van der Waals surface area (Å²) in [5.41, 5.74) is 1.73. The quantitative estimate of drug-likeness (QED) is 0.602. The molecular formula is C12H12N2O3. The first-order valence-corrected chi connectivity index (χ1v) is 5.33. The van der Waals surface area contributed by atoms with Gasteiger partial charge in [-0.2, -0.15) is 0 Å². The van der Waals surface area contributed by atoms with Crippen molar-refractivity contribution >= 4 is 5.69 Å². The largest absolute Gasteiger partial charge is 0.441 e. The molecule has 1 heterocycles. The summed E-state index contributed by atoms with van der Waals surface area (Å²) in [6, 6.07) is 6.17. The molecule has 0 saturated carbocycles. The summed E-state index contributed by atoms with van der Waals surface area (Å²) >= 11 is 0. The minimum absolute atomic E-state index is 0.0627. The minimum Gasteiger partial charge on any atom is -0.441 e. The van der Waals surface area contributed by atoms with Crippen LogP contribution in [0.2, 0.25) is 0 Å². The summed E-state index contributed by atoms with van der Waals surface area (Å²) in [5, 5.41) is 10.5. The molecule has 0 spiro atoms. The Morgan fingerprint density at radius 2 is 2.00 bits per heavy atom. The van der Waals surface area contributed by atoms with Crippen molar-refractivity contribution < 1.29 is 9.34 Å². The number of benzene rings is 1. The SMILES string of the molecule is CCc1nc(-c2ccc([N+](=O)[O-])cc2)oc1C. The summed E-state index contributed by atoms with van der Waals surface area (Å²) < 4.78 is 5.51. The van der Waals surface area contributed by atoms with Crippen LogP contribution in [0, 0.1) is 17.0 Å². The van der Waals surface area contributed by atoms with Crippen LogP contribution in [0.25, 0.3) is 11.5 Å². The van der Waals surface area contributed by atoms with Crippen molar-refractivity contribution in [2.75, 3.05) is 0 Å². The van der Waals surface area contributed by atoms with E-state index in [-0.39, 0.29) is 5.69 Å². The van der Waals surface area contributed by atoms with E-state index in [1.807, 2.05) is 13.8 Å². The van der Waals surface area contributed by atoms with Crippen LogP contribution in [0.4, 0.5) is 5.69 Å². The second-order valence-electron chi connectivity index (χ2n) is 3.68. The Bertz CT molecular complexity index is 543. The van der Waals surface area contributed by atoms with Crippen molar-refractivity contribution in [3.05, 3.63) is 45.8 Å². The van der Waals surface area contributed by atoms with Gasteiger partial charge in [0.25, 0.3) is 5.69 Å². The molecule has 17 heavy (non-hydrogen) atoms. The van der Waals surface area contributed by atoms with Gasteiger partial charge in [-0.15, -0.1) is 0 Å². The molecule has 0 bridgehead atoms. The summed E-state index contributed by atoms with van der Waals surface area (Å²) in [6.45, 7) is 3.87. The van der Waals surface area contributed by atoms with E-state index in [1.165, 1.54) is 12.1 Å². The van der Waals surface area contributed by atoms with Crippen LogP contribution in [0.1, 0.15) is 18.4 Å². The van der Waals surface area contributed by atoms with Crippen molar-refractivity contribution in [3.63, 3.8) is 0 Å². The monoisotopic (exact) mass is 232 g/mol. The van der Waals surface area contributed by atoms with E-state index in [0.29, 0.717) is 5.89 Å². The van der Waals surface area contributed by atoms with Crippen molar-refractivity contribution in [3.8, 4) is 11.5 Å². The lowest BCUT2D eigenvalue weighted by Crippen LogP contribution is -1.87. The number of nitro benzene ring substituents is 1. The van der Waals surface area contributed by atoms with Crippen molar-refractivity contribution in [2.24, 2.45) is 0 Å². The molecule has 2 aromatic rings. The van der Waals surface area contributed by atoms with E-state index in [4.69, 9.17) is 4.42 Å². The Balaban J connectivity index is 2.36. The van der Waals surface area contributed by atoms with Crippen LogP contribution in [0.5, 0.6) is 0 Å². The maximum Gasteiger partial charge on any atom is 0.269 e. The number of aromatic nitrogens is 1. The van der Waals surface area contributed by atoms with Gasteiger partial charge in [-0.25, -0.2) is 4.98 Å². The number of nitrogens with zero attached hydrogens (tertiary/aromatic N) is 2. The molecule has 0 N–H and O–H groups in total. The number of aryl methyl sites for hydroxylation is 2. The summed E-state index contributed by atoms with van der Waals surface area (Å²) in [6.07, 6.45) is 0.808. The minimum atomic E-state index is -0.429. The molecule has 88 valence electrons. The first-order chi connectivity index (χ1) is 8.11. The lowest BCUT2D eigenvalue weighted by atomic mass is 10.2. The summed E-state index contributed by atoms with van der Waals surface area (Å²) in [7, 11) is 0. The van der Waals surface area contributed by atoms with Crippen LogP contribution in [-0.2, 0) is 6.42 Å². The highest BCUT2D eigenvalue weighted by Crippen LogP contribution is 2.24. The predicted octanol–water partition coefficient (Wildman–Crippen LogP) is 3.12. The zero-order valence-electron chi connectivity index (χ0n) is 9.64. The maximum absolute atomic E-state index is 10.5. The molecule has 0 saturated heterocycles. The van der Waals surface area contributed by atoms with Gasteiger partial charge in [-0.3, -0.25) is 10.1 Å². The van der Waals surface area contributed by atoms with Gasteiger partial charge < -0.3 is 4.42 Å². The van der Waals surface area contributed by atoms with Crippen LogP contribution in [0.15, 0.2) is 28.7 Å². The number of oxazole rings is 1. The number of non-ortho nitro benzene ring substituents is 1. The standard InChI is InChI=1S/C12H12N2O3/c1-3-11-8(2)17-12(13-11)9-4-6-10(7-5-9)14(15)16/h4-7H,3H2,1-2H3. The molecule has 0 fully saturated rings. The molecule has 0 radical (unpaired) electrons. The lowest BCUT2D eigenvalue weighted by Gasteiger charge is -1.94. The zero-order chi connectivity index (χ0) is 12.4. The zero-order valence-corrected chi connectivity index (χ0v) is 9.64. The molecule has 0 aliphatic carbocycles. The molecule has 5 heteroatoms. The van der Waals surface area contributed by atoms with Gasteiger partial charge in [0.1, 0.15) is 5.76 Å². The van der Waals surface area contributed by atoms with E-state index in [2.05, 4.69) is 4.98 Å². The van der Waals surface area contributed by atoms with E-state index in [0.717, 1.165) is 23.4 Å². The van der Waals surface area contributed by atoms with Crippen molar-refractivity contribution in [1.29, 1.82) is 0 Å². The summed E-state index contributed by atoms with van der Waals surface area (Å²) in [4.78, 5) is 14.4. The van der Waals surface area contributed by atoms with Crippen LogP contribution >= 0.6 is 0 Å². The first-order valence-electron chi connectivity index (χ1n) is 5.33. The van der Waals surface area contributed by atoms with Gasteiger partial charge in [0.2, 0.25) is 5.89 Å². The molecule has 5 nitrogen and oxygen atoms in total. The molecule has 0 aliphatic heterocycles. The molecule has 2 rings (SSSR count). The average molecular weight is 232 g/mol.